The number of nitrogens with one attached hydrogen (secondary N) is 1. The number of alkyl halides is 3. The van der Waals surface area contributed by atoms with Crippen molar-refractivity contribution in [3.05, 3.63) is 34.6 Å². The Bertz CT molecular complexity index is 831. The largest absolute Gasteiger partial charge is 0.405 e. The summed E-state index contributed by atoms with van der Waals surface area (Å²) in [5.41, 5.74) is 0.332. The van der Waals surface area contributed by atoms with Gasteiger partial charge in [-0.3, -0.25) is 14.2 Å². The lowest BCUT2D eigenvalue weighted by Gasteiger charge is -2.12. The van der Waals surface area contributed by atoms with Gasteiger partial charge in [0.25, 0.3) is 5.56 Å². The number of halogens is 3. The molecular formula is C15H14F3N3O2S. The van der Waals surface area contributed by atoms with Crippen LogP contribution in [0.1, 0.15) is 18.9 Å². The van der Waals surface area contributed by atoms with Gasteiger partial charge in [0.15, 0.2) is 5.16 Å². The number of rotatable bonds is 5. The molecule has 2 aromatic rings. The second-order valence-electron chi connectivity index (χ2n) is 5.50. The molecular weight excluding hydrogens is 343 g/mol. The van der Waals surface area contributed by atoms with E-state index in [2.05, 4.69) is 4.98 Å². The average molecular weight is 357 g/mol. The maximum absolute atomic E-state index is 12.6. The van der Waals surface area contributed by atoms with Crippen LogP contribution in [-0.4, -0.2) is 33.9 Å². The van der Waals surface area contributed by atoms with Crippen molar-refractivity contribution in [3.8, 4) is 0 Å². The zero-order valence-corrected chi connectivity index (χ0v) is 13.3. The molecule has 1 fully saturated rings. The summed E-state index contributed by atoms with van der Waals surface area (Å²) in [4.78, 5) is 28.6. The van der Waals surface area contributed by atoms with Crippen LogP contribution in [0.5, 0.6) is 0 Å². The maximum atomic E-state index is 12.6. The van der Waals surface area contributed by atoms with Crippen molar-refractivity contribution in [2.24, 2.45) is 0 Å². The molecule has 3 rings (SSSR count). The minimum atomic E-state index is -4.45. The number of carbonyl (C=O) groups excluding carboxylic acids is 1. The van der Waals surface area contributed by atoms with Crippen LogP contribution >= 0.6 is 11.8 Å². The summed E-state index contributed by atoms with van der Waals surface area (Å²) in [6.07, 6.45) is -2.74. The van der Waals surface area contributed by atoms with Gasteiger partial charge < -0.3 is 5.32 Å². The Kier molecular flexibility index (Phi) is 4.53. The van der Waals surface area contributed by atoms with Crippen LogP contribution in [0.4, 0.5) is 13.2 Å². The van der Waals surface area contributed by atoms with Gasteiger partial charge in [-0.2, -0.15) is 13.2 Å². The van der Waals surface area contributed by atoms with Crippen molar-refractivity contribution in [1.82, 2.24) is 14.9 Å². The molecule has 1 aliphatic carbocycles. The zero-order valence-electron chi connectivity index (χ0n) is 12.5. The number of hydrogen-bond donors (Lipinski definition) is 1. The summed E-state index contributed by atoms with van der Waals surface area (Å²) >= 11 is 0.976. The van der Waals surface area contributed by atoms with Gasteiger partial charge in [0.05, 0.1) is 16.7 Å². The SMILES string of the molecule is O=C(CSc1nc2ccccc2c(=O)n1C1CC1)NCC(F)(F)F. The quantitative estimate of drug-likeness (QED) is 0.660. The van der Waals surface area contributed by atoms with Crippen LogP contribution in [-0.2, 0) is 4.79 Å². The van der Waals surface area contributed by atoms with Gasteiger partial charge in [0.1, 0.15) is 6.54 Å². The second-order valence-corrected chi connectivity index (χ2v) is 6.44. The van der Waals surface area contributed by atoms with E-state index in [-0.39, 0.29) is 17.4 Å². The molecule has 1 aliphatic rings. The van der Waals surface area contributed by atoms with Crippen LogP contribution in [0, 0.1) is 0 Å². The average Bonchev–Trinajstić information content (AvgIpc) is 3.35. The fourth-order valence-corrected chi connectivity index (χ4v) is 3.16. The summed E-state index contributed by atoms with van der Waals surface area (Å²) in [6, 6.07) is 6.94. The van der Waals surface area contributed by atoms with Gasteiger partial charge in [-0.05, 0) is 25.0 Å². The van der Waals surface area contributed by atoms with Gasteiger partial charge in [0, 0.05) is 6.04 Å². The van der Waals surface area contributed by atoms with Gasteiger partial charge >= 0.3 is 6.18 Å². The van der Waals surface area contributed by atoms with Crippen molar-refractivity contribution in [1.29, 1.82) is 0 Å². The molecule has 1 aromatic heterocycles. The molecule has 0 spiro atoms. The number of benzene rings is 1. The number of amides is 1. The van der Waals surface area contributed by atoms with Crippen LogP contribution in [0.15, 0.2) is 34.2 Å². The predicted molar refractivity (Wildman–Crippen MR) is 84.1 cm³/mol. The van der Waals surface area contributed by atoms with Crippen LogP contribution in [0.2, 0.25) is 0 Å². The highest BCUT2D eigenvalue weighted by atomic mass is 32.2. The van der Waals surface area contributed by atoms with Crippen LogP contribution < -0.4 is 10.9 Å². The smallest absolute Gasteiger partial charge is 0.346 e. The zero-order chi connectivity index (χ0) is 17.3. The summed E-state index contributed by atoms with van der Waals surface area (Å²) in [7, 11) is 0. The van der Waals surface area contributed by atoms with E-state index in [0.717, 1.165) is 24.6 Å². The number of fused-ring (bicyclic) bond motifs is 1. The molecule has 5 nitrogen and oxygen atoms in total. The second kappa shape index (κ2) is 6.46. The van der Waals surface area contributed by atoms with Gasteiger partial charge in [-0.1, -0.05) is 23.9 Å². The number of thioether (sulfide) groups is 1. The molecule has 1 aromatic carbocycles. The number of carbonyl (C=O) groups is 1. The third kappa shape index (κ3) is 3.89. The normalized spacial score (nSPS) is 14.8. The minimum Gasteiger partial charge on any atom is -0.346 e. The first-order chi connectivity index (χ1) is 11.3. The molecule has 24 heavy (non-hydrogen) atoms. The van der Waals surface area contributed by atoms with E-state index in [9.17, 15) is 22.8 Å². The molecule has 1 N–H and O–H groups in total. The molecule has 0 unspecified atom stereocenters. The van der Waals surface area contributed by atoms with Gasteiger partial charge in [-0.15, -0.1) is 0 Å². The molecule has 0 aliphatic heterocycles. The summed E-state index contributed by atoms with van der Waals surface area (Å²) in [6.45, 7) is -1.37. The molecule has 0 radical (unpaired) electrons. The summed E-state index contributed by atoms with van der Waals surface area (Å²) in [5.74, 6) is -0.977. The summed E-state index contributed by atoms with van der Waals surface area (Å²) in [5, 5.41) is 2.67. The van der Waals surface area contributed by atoms with E-state index < -0.39 is 18.6 Å². The summed E-state index contributed by atoms with van der Waals surface area (Å²) < 4.78 is 37.9. The van der Waals surface area contributed by atoms with Crippen molar-refractivity contribution in [2.45, 2.75) is 30.2 Å². The first-order valence-corrected chi connectivity index (χ1v) is 8.31. The van der Waals surface area contributed by atoms with Crippen molar-refractivity contribution >= 4 is 28.6 Å². The highest BCUT2D eigenvalue weighted by Gasteiger charge is 2.30. The predicted octanol–water partition coefficient (Wildman–Crippen LogP) is 2.50. The monoisotopic (exact) mass is 357 g/mol. The Morgan fingerprint density at radius 3 is 2.71 bits per heavy atom. The highest BCUT2D eigenvalue weighted by molar-refractivity contribution is 7.99. The number of nitrogens with zero attached hydrogens (tertiary/aromatic N) is 2. The van der Waals surface area contributed by atoms with Gasteiger partial charge in [-0.25, -0.2) is 4.98 Å². The molecule has 1 amide bonds. The first-order valence-electron chi connectivity index (χ1n) is 7.33. The highest BCUT2D eigenvalue weighted by Crippen LogP contribution is 2.36. The van der Waals surface area contributed by atoms with E-state index in [4.69, 9.17) is 0 Å². The third-order valence-corrected chi connectivity index (χ3v) is 4.46. The fourth-order valence-electron chi connectivity index (χ4n) is 2.26. The van der Waals surface area contributed by atoms with Crippen LogP contribution in [0.3, 0.4) is 0 Å². The Hall–Kier alpha value is -2.03. The van der Waals surface area contributed by atoms with Gasteiger partial charge in [0.2, 0.25) is 5.91 Å². The Morgan fingerprint density at radius 2 is 2.04 bits per heavy atom. The molecule has 1 heterocycles. The topological polar surface area (TPSA) is 64.0 Å². The molecule has 0 saturated heterocycles. The number of hydrogen-bond acceptors (Lipinski definition) is 4. The molecule has 0 atom stereocenters. The maximum Gasteiger partial charge on any atom is 0.405 e. The Balaban J connectivity index is 1.80. The van der Waals surface area contributed by atoms with Crippen LogP contribution in [0.25, 0.3) is 10.9 Å². The number of para-hydroxylation sites is 1. The van der Waals surface area contributed by atoms with Crippen molar-refractivity contribution < 1.29 is 18.0 Å². The van der Waals surface area contributed by atoms with Crippen molar-refractivity contribution in [2.75, 3.05) is 12.3 Å². The van der Waals surface area contributed by atoms with E-state index in [1.54, 1.807) is 28.8 Å². The molecule has 9 heteroatoms. The lowest BCUT2D eigenvalue weighted by molar-refractivity contribution is -0.136. The molecule has 0 bridgehead atoms. The first kappa shape index (κ1) is 16.8. The van der Waals surface area contributed by atoms with E-state index in [0.29, 0.717) is 16.1 Å². The standard InChI is InChI=1S/C15H14F3N3O2S/c16-15(17,18)8-19-12(22)7-24-14-20-11-4-2-1-3-10(11)13(23)21(14)9-5-6-9/h1-4,9H,5-8H2,(H,19,22). The molecule has 128 valence electrons. The third-order valence-electron chi connectivity index (χ3n) is 3.51. The molecule has 1 saturated carbocycles. The van der Waals surface area contributed by atoms with E-state index in [1.807, 2.05) is 5.32 Å². The fraction of sp³-hybridized carbons (Fsp3) is 0.400. The lowest BCUT2D eigenvalue weighted by Crippen LogP contribution is -2.35. The van der Waals surface area contributed by atoms with Crippen molar-refractivity contribution in [3.63, 3.8) is 0 Å². The Labute approximate surface area is 139 Å². The lowest BCUT2D eigenvalue weighted by atomic mass is 10.2. The number of aromatic nitrogens is 2. The minimum absolute atomic E-state index is 0.0512. The van der Waals surface area contributed by atoms with E-state index >= 15 is 0 Å². The van der Waals surface area contributed by atoms with E-state index in [1.165, 1.54) is 0 Å². The Morgan fingerprint density at radius 1 is 1.33 bits per heavy atom.